The highest BCUT2D eigenvalue weighted by atomic mass is 16.7. The Labute approximate surface area is 106 Å². The second kappa shape index (κ2) is 7.05. The first-order chi connectivity index (χ1) is 8.58. The molecule has 0 heterocycles. The van der Waals surface area contributed by atoms with E-state index in [9.17, 15) is 10.1 Å². The maximum Gasteiger partial charge on any atom is 0.272 e. The first-order valence-electron chi connectivity index (χ1n) is 5.58. The Balaban J connectivity index is 2.58. The Hall–Kier alpha value is -1.50. The predicted molar refractivity (Wildman–Crippen MR) is 67.3 cm³/mol. The van der Waals surface area contributed by atoms with E-state index < -0.39 is 0 Å². The van der Waals surface area contributed by atoms with E-state index in [4.69, 9.17) is 9.47 Å². The Morgan fingerprint density at radius 2 is 2.06 bits per heavy atom. The van der Waals surface area contributed by atoms with Gasteiger partial charge in [-0.15, -0.1) is 0 Å². The summed E-state index contributed by atoms with van der Waals surface area (Å²) in [7, 11) is 3.12. The van der Waals surface area contributed by atoms with Gasteiger partial charge in [-0.2, -0.15) is 0 Å². The van der Waals surface area contributed by atoms with E-state index in [1.165, 1.54) is 0 Å². The van der Waals surface area contributed by atoms with E-state index in [2.05, 4.69) is 5.32 Å². The van der Waals surface area contributed by atoms with Crippen molar-refractivity contribution in [1.82, 2.24) is 5.32 Å². The quantitative estimate of drug-likeness (QED) is 0.454. The molecular formula is C12H18N2O4. The van der Waals surface area contributed by atoms with E-state index in [1.807, 2.05) is 6.07 Å². The van der Waals surface area contributed by atoms with E-state index >= 15 is 0 Å². The van der Waals surface area contributed by atoms with Crippen LogP contribution >= 0.6 is 0 Å². The van der Waals surface area contributed by atoms with Crippen molar-refractivity contribution in [2.45, 2.75) is 19.8 Å². The van der Waals surface area contributed by atoms with Gasteiger partial charge in [-0.1, -0.05) is 12.1 Å². The summed E-state index contributed by atoms with van der Waals surface area (Å²) in [5.74, 6) is 0. The summed E-state index contributed by atoms with van der Waals surface area (Å²) >= 11 is 0. The zero-order valence-electron chi connectivity index (χ0n) is 10.8. The number of ether oxygens (including phenoxy) is 2. The van der Waals surface area contributed by atoms with E-state index in [-0.39, 0.29) is 16.9 Å². The zero-order valence-corrected chi connectivity index (χ0v) is 10.8. The number of nitro groups is 1. The van der Waals surface area contributed by atoms with Crippen LogP contribution in [0.25, 0.3) is 0 Å². The lowest BCUT2D eigenvalue weighted by Crippen LogP contribution is -2.29. The van der Waals surface area contributed by atoms with Gasteiger partial charge in [-0.25, -0.2) is 0 Å². The normalized spacial score (nSPS) is 10.9. The SMILES string of the molecule is COC(CNCc1ccc(C)c([N+](=O)[O-])c1)OC. The lowest BCUT2D eigenvalue weighted by molar-refractivity contribution is -0.385. The van der Waals surface area contributed by atoms with Crippen LogP contribution in [0.4, 0.5) is 5.69 Å². The van der Waals surface area contributed by atoms with Crippen LogP contribution in [-0.4, -0.2) is 32.0 Å². The van der Waals surface area contributed by atoms with E-state index in [1.54, 1.807) is 33.3 Å². The highest BCUT2D eigenvalue weighted by Gasteiger charge is 2.11. The van der Waals surface area contributed by atoms with Crippen LogP contribution in [0.15, 0.2) is 18.2 Å². The largest absolute Gasteiger partial charge is 0.355 e. The van der Waals surface area contributed by atoms with Gasteiger partial charge in [0.25, 0.3) is 5.69 Å². The molecule has 0 aliphatic carbocycles. The summed E-state index contributed by atoms with van der Waals surface area (Å²) in [6.07, 6.45) is -0.314. The third-order valence-electron chi connectivity index (χ3n) is 2.64. The number of nitro benzene ring substituents is 1. The summed E-state index contributed by atoms with van der Waals surface area (Å²) in [5.41, 5.74) is 1.66. The van der Waals surface area contributed by atoms with Crippen LogP contribution in [0.5, 0.6) is 0 Å². The molecule has 0 unspecified atom stereocenters. The molecule has 0 saturated heterocycles. The van der Waals surface area contributed by atoms with Crippen LogP contribution in [0, 0.1) is 17.0 Å². The molecule has 0 amide bonds. The highest BCUT2D eigenvalue weighted by Crippen LogP contribution is 2.18. The number of rotatable bonds is 7. The zero-order chi connectivity index (χ0) is 13.5. The van der Waals surface area contributed by atoms with Crippen molar-refractivity contribution in [2.24, 2.45) is 0 Å². The molecule has 1 aromatic carbocycles. The maximum atomic E-state index is 10.8. The van der Waals surface area contributed by atoms with Crippen LogP contribution < -0.4 is 5.32 Å². The number of benzene rings is 1. The number of nitrogens with zero attached hydrogens (tertiary/aromatic N) is 1. The van der Waals surface area contributed by atoms with Crippen LogP contribution in [0.2, 0.25) is 0 Å². The molecular weight excluding hydrogens is 236 g/mol. The van der Waals surface area contributed by atoms with Gasteiger partial charge in [0, 0.05) is 38.9 Å². The van der Waals surface area contributed by atoms with Crippen molar-refractivity contribution in [1.29, 1.82) is 0 Å². The lowest BCUT2D eigenvalue weighted by Gasteiger charge is -2.14. The number of methoxy groups -OCH3 is 2. The van der Waals surface area contributed by atoms with Crippen LogP contribution in [0.1, 0.15) is 11.1 Å². The average Bonchev–Trinajstić information content (AvgIpc) is 2.36. The number of hydrogen-bond donors (Lipinski definition) is 1. The molecule has 1 rings (SSSR count). The predicted octanol–water partition coefficient (Wildman–Crippen LogP) is 1.61. The van der Waals surface area contributed by atoms with Gasteiger partial charge in [0.05, 0.1) is 4.92 Å². The van der Waals surface area contributed by atoms with Gasteiger partial charge < -0.3 is 14.8 Å². The monoisotopic (exact) mass is 254 g/mol. The smallest absolute Gasteiger partial charge is 0.272 e. The van der Waals surface area contributed by atoms with Crippen molar-refractivity contribution in [3.05, 3.63) is 39.4 Å². The van der Waals surface area contributed by atoms with Crippen LogP contribution in [0.3, 0.4) is 0 Å². The molecule has 0 bridgehead atoms. The summed E-state index contributed by atoms with van der Waals surface area (Å²) in [5, 5.41) is 13.9. The van der Waals surface area contributed by atoms with Crippen LogP contribution in [-0.2, 0) is 16.0 Å². The molecule has 0 atom stereocenters. The first-order valence-corrected chi connectivity index (χ1v) is 5.58. The topological polar surface area (TPSA) is 73.6 Å². The number of aryl methyl sites for hydroxylation is 1. The standard InChI is InChI=1S/C12H18N2O4/c1-9-4-5-10(6-11(9)14(15)16)7-13-8-12(17-2)18-3/h4-6,12-13H,7-8H2,1-3H3. The van der Waals surface area contributed by atoms with Gasteiger partial charge in [-0.05, 0) is 12.5 Å². The van der Waals surface area contributed by atoms with Crippen molar-refractivity contribution < 1.29 is 14.4 Å². The molecule has 100 valence electrons. The first kappa shape index (κ1) is 14.6. The molecule has 1 aromatic rings. The molecule has 6 heteroatoms. The maximum absolute atomic E-state index is 10.8. The molecule has 0 saturated carbocycles. The van der Waals surface area contributed by atoms with Crippen molar-refractivity contribution >= 4 is 5.69 Å². The molecule has 0 spiro atoms. The molecule has 0 aromatic heterocycles. The molecule has 0 aliphatic rings. The summed E-state index contributed by atoms with van der Waals surface area (Å²) in [6.45, 7) is 2.78. The van der Waals surface area contributed by atoms with Gasteiger partial charge in [0.15, 0.2) is 6.29 Å². The Morgan fingerprint density at radius 1 is 1.39 bits per heavy atom. The van der Waals surface area contributed by atoms with Crippen molar-refractivity contribution in [3.8, 4) is 0 Å². The van der Waals surface area contributed by atoms with Gasteiger partial charge in [0.1, 0.15) is 0 Å². The van der Waals surface area contributed by atoms with Crippen molar-refractivity contribution in [3.63, 3.8) is 0 Å². The number of hydrogen-bond acceptors (Lipinski definition) is 5. The third-order valence-corrected chi connectivity index (χ3v) is 2.64. The minimum absolute atomic E-state index is 0.143. The molecule has 6 nitrogen and oxygen atoms in total. The van der Waals surface area contributed by atoms with Gasteiger partial charge in [0.2, 0.25) is 0 Å². The Kier molecular flexibility index (Phi) is 5.70. The second-order valence-electron chi connectivity index (χ2n) is 3.91. The molecule has 0 fully saturated rings. The fraction of sp³-hybridized carbons (Fsp3) is 0.500. The minimum atomic E-state index is -0.369. The average molecular weight is 254 g/mol. The van der Waals surface area contributed by atoms with E-state index in [0.717, 1.165) is 5.56 Å². The Morgan fingerprint density at radius 3 is 2.61 bits per heavy atom. The molecule has 0 radical (unpaired) electrons. The molecule has 1 N–H and O–H groups in total. The summed E-state index contributed by atoms with van der Waals surface area (Å²) < 4.78 is 10.1. The Bertz CT molecular complexity index is 405. The highest BCUT2D eigenvalue weighted by molar-refractivity contribution is 5.42. The van der Waals surface area contributed by atoms with Gasteiger partial charge >= 0.3 is 0 Å². The summed E-state index contributed by atoms with van der Waals surface area (Å²) in [6, 6.07) is 5.19. The molecule has 18 heavy (non-hydrogen) atoms. The fourth-order valence-corrected chi connectivity index (χ4v) is 1.56. The summed E-state index contributed by atoms with van der Waals surface area (Å²) in [4.78, 5) is 10.4. The second-order valence-corrected chi connectivity index (χ2v) is 3.91. The fourth-order valence-electron chi connectivity index (χ4n) is 1.56. The van der Waals surface area contributed by atoms with Crippen molar-refractivity contribution in [2.75, 3.05) is 20.8 Å². The third kappa shape index (κ3) is 4.06. The van der Waals surface area contributed by atoms with E-state index in [0.29, 0.717) is 18.7 Å². The lowest BCUT2D eigenvalue weighted by atomic mass is 10.1. The minimum Gasteiger partial charge on any atom is -0.355 e. The molecule has 0 aliphatic heterocycles. The van der Waals surface area contributed by atoms with Gasteiger partial charge in [-0.3, -0.25) is 10.1 Å². The number of nitrogens with one attached hydrogen (secondary N) is 1.